The largest absolute Gasteiger partial charge is 0.326 e. The van der Waals surface area contributed by atoms with Gasteiger partial charge in [-0.05, 0) is 41.8 Å². The molecule has 0 saturated carbocycles. The van der Waals surface area contributed by atoms with E-state index in [1.807, 2.05) is 0 Å². The topological polar surface area (TPSA) is 93.1 Å². The Morgan fingerprint density at radius 3 is 2.45 bits per heavy atom. The summed E-state index contributed by atoms with van der Waals surface area (Å²) in [6, 6.07) is 14.7. The normalized spacial score (nSPS) is 10.8. The third kappa shape index (κ3) is 5.47. The molecule has 0 spiro atoms. The number of halogens is 1. The number of amides is 2. The number of aromatic nitrogens is 2. The number of nitrogens with one attached hydrogen (secondary N) is 2. The first-order valence-electron chi connectivity index (χ1n) is 9.92. The molecule has 0 atom stereocenters. The molecule has 0 unspecified atom stereocenters. The summed E-state index contributed by atoms with van der Waals surface area (Å²) < 4.78 is 16.1. The lowest BCUT2D eigenvalue weighted by atomic mass is 10.2. The van der Waals surface area contributed by atoms with Gasteiger partial charge >= 0.3 is 0 Å². The van der Waals surface area contributed by atoms with Crippen LogP contribution in [-0.2, 0) is 16.1 Å². The van der Waals surface area contributed by atoms with Gasteiger partial charge in [0.2, 0.25) is 11.8 Å². The zero-order valence-electron chi connectivity index (χ0n) is 17.5. The first kappa shape index (κ1) is 22.7. The van der Waals surface area contributed by atoms with Crippen molar-refractivity contribution in [2.45, 2.75) is 18.6 Å². The minimum absolute atomic E-state index is 0.00675. The van der Waals surface area contributed by atoms with Crippen molar-refractivity contribution >= 4 is 56.5 Å². The number of anilines is 2. The molecule has 2 aromatic heterocycles. The SMILES string of the molecule is CC(=O)Nc1ccc(NC(=O)CSc2nc3ccsc3c(=O)n2Cc2ccccc2F)cc1. The Labute approximate surface area is 196 Å². The van der Waals surface area contributed by atoms with Gasteiger partial charge in [0.15, 0.2) is 5.16 Å². The average molecular weight is 483 g/mol. The lowest BCUT2D eigenvalue weighted by Crippen LogP contribution is -2.24. The average Bonchev–Trinajstić information content (AvgIpc) is 3.26. The molecule has 4 rings (SSSR count). The number of thioether (sulfide) groups is 1. The molecule has 168 valence electrons. The predicted octanol–water partition coefficient (Wildman–Crippen LogP) is 4.33. The monoisotopic (exact) mass is 482 g/mol. The predicted molar refractivity (Wildman–Crippen MR) is 129 cm³/mol. The van der Waals surface area contributed by atoms with Gasteiger partial charge in [0.25, 0.3) is 5.56 Å². The van der Waals surface area contributed by atoms with E-state index in [4.69, 9.17) is 0 Å². The van der Waals surface area contributed by atoms with Gasteiger partial charge in [0.1, 0.15) is 10.5 Å². The van der Waals surface area contributed by atoms with Crippen LogP contribution in [0.5, 0.6) is 0 Å². The van der Waals surface area contributed by atoms with Gasteiger partial charge < -0.3 is 10.6 Å². The van der Waals surface area contributed by atoms with Crippen LogP contribution in [0.1, 0.15) is 12.5 Å². The number of benzene rings is 2. The molecule has 0 radical (unpaired) electrons. The van der Waals surface area contributed by atoms with Gasteiger partial charge in [-0.25, -0.2) is 9.37 Å². The quantitative estimate of drug-likeness (QED) is 0.302. The number of rotatable bonds is 7. The van der Waals surface area contributed by atoms with Crippen LogP contribution in [0.15, 0.2) is 69.9 Å². The van der Waals surface area contributed by atoms with Gasteiger partial charge in [-0.15, -0.1) is 11.3 Å². The highest BCUT2D eigenvalue weighted by molar-refractivity contribution is 7.99. The Balaban J connectivity index is 1.52. The van der Waals surface area contributed by atoms with Gasteiger partial charge in [-0.2, -0.15) is 0 Å². The molecular formula is C23H19FN4O3S2. The van der Waals surface area contributed by atoms with Crippen LogP contribution in [0, 0.1) is 5.82 Å². The van der Waals surface area contributed by atoms with Crippen molar-refractivity contribution in [1.29, 1.82) is 0 Å². The number of fused-ring (bicyclic) bond motifs is 1. The molecule has 2 amide bonds. The maximum atomic E-state index is 14.2. The van der Waals surface area contributed by atoms with Crippen LogP contribution in [0.2, 0.25) is 0 Å². The Morgan fingerprint density at radius 2 is 1.76 bits per heavy atom. The molecule has 0 aliphatic heterocycles. The third-order valence-electron chi connectivity index (χ3n) is 4.64. The molecular weight excluding hydrogens is 463 g/mol. The number of hydrogen-bond donors (Lipinski definition) is 2. The fraction of sp³-hybridized carbons (Fsp3) is 0.130. The van der Waals surface area contributed by atoms with E-state index < -0.39 is 5.82 Å². The maximum Gasteiger partial charge on any atom is 0.272 e. The summed E-state index contributed by atoms with van der Waals surface area (Å²) in [6.45, 7) is 1.43. The van der Waals surface area contributed by atoms with Crippen LogP contribution >= 0.6 is 23.1 Å². The summed E-state index contributed by atoms with van der Waals surface area (Å²) in [5.74, 6) is -0.872. The van der Waals surface area contributed by atoms with E-state index in [-0.39, 0.29) is 29.7 Å². The molecule has 33 heavy (non-hydrogen) atoms. The molecule has 0 aliphatic carbocycles. The van der Waals surface area contributed by atoms with E-state index in [9.17, 15) is 18.8 Å². The van der Waals surface area contributed by atoms with E-state index in [1.54, 1.807) is 53.9 Å². The van der Waals surface area contributed by atoms with Gasteiger partial charge in [0.05, 0.1) is 17.8 Å². The smallest absolute Gasteiger partial charge is 0.272 e. The van der Waals surface area contributed by atoms with Crippen LogP contribution in [0.4, 0.5) is 15.8 Å². The first-order valence-corrected chi connectivity index (χ1v) is 11.8. The molecule has 7 nitrogen and oxygen atoms in total. The summed E-state index contributed by atoms with van der Waals surface area (Å²) in [4.78, 5) is 41.2. The summed E-state index contributed by atoms with van der Waals surface area (Å²) in [7, 11) is 0. The maximum absolute atomic E-state index is 14.2. The van der Waals surface area contributed by atoms with Crippen molar-refractivity contribution < 1.29 is 14.0 Å². The van der Waals surface area contributed by atoms with E-state index in [0.29, 0.717) is 32.3 Å². The number of carbonyl (C=O) groups is 2. The molecule has 0 fully saturated rings. The highest BCUT2D eigenvalue weighted by Crippen LogP contribution is 2.23. The zero-order valence-corrected chi connectivity index (χ0v) is 19.1. The van der Waals surface area contributed by atoms with E-state index in [0.717, 1.165) is 11.8 Å². The fourth-order valence-electron chi connectivity index (χ4n) is 3.14. The Bertz CT molecular complexity index is 1380. The first-order chi connectivity index (χ1) is 15.9. The van der Waals surface area contributed by atoms with Gasteiger partial charge in [-0.3, -0.25) is 19.0 Å². The molecule has 0 bridgehead atoms. The van der Waals surface area contributed by atoms with Crippen LogP contribution < -0.4 is 16.2 Å². The summed E-state index contributed by atoms with van der Waals surface area (Å²) >= 11 is 2.39. The standard InChI is InChI=1S/C23H19FN4O3S2/c1-14(29)25-16-6-8-17(9-7-16)26-20(30)13-33-23-27-19-10-11-32-21(19)22(31)28(23)12-15-4-2-3-5-18(15)24/h2-11H,12-13H2,1H3,(H,25,29)(H,26,30). The van der Waals surface area contributed by atoms with E-state index in [1.165, 1.54) is 28.9 Å². The highest BCUT2D eigenvalue weighted by Gasteiger charge is 2.16. The lowest BCUT2D eigenvalue weighted by Gasteiger charge is -2.13. The molecule has 2 aromatic carbocycles. The highest BCUT2D eigenvalue weighted by atomic mass is 32.2. The van der Waals surface area contributed by atoms with Crippen molar-refractivity contribution in [2.24, 2.45) is 0 Å². The Morgan fingerprint density at radius 1 is 1.06 bits per heavy atom. The molecule has 4 aromatic rings. The number of thiophene rings is 1. The Hall–Kier alpha value is -3.50. The fourth-order valence-corrected chi connectivity index (χ4v) is 4.71. The number of carbonyl (C=O) groups excluding carboxylic acids is 2. The van der Waals surface area contributed by atoms with Gasteiger partial charge in [0, 0.05) is 23.9 Å². The van der Waals surface area contributed by atoms with Crippen LogP contribution in [-0.4, -0.2) is 27.1 Å². The van der Waals surface area contributed by atoms with Crippen molar-refractivity contribution in [1.82, 2.24) is 9.55 Å². The molecule has 2 N–H and O–H groups in total. The van der Waals surface area contributed by atoms with E-state index >= 15 is 0 Å². The minimum Gasteiger partial charge on any atom is -0.326 e. The molecule has 0 saturated heterocycles. The minimum atomic E-state index is -0.410. The summed E-state index contributed by atoms with van der Waals surface area (Å²) in [5, 5.41) is 7.54. The van der Waals surface area contributed by atoms with Crippen molar-refractivity contribution in [3.63, 3.8) is 0 Å². The number of hydrogen-bond acceptors (Lipinski definition) is 6. The lowest BCUT2D eigenvalue weighted by molar-refractivity contribution is -0.114. The van der Waals surface area contributed by atoms with Gasteiger partial charge in [-0.1, -0.05) is 30.0 Å². The Kier molecular flexibility index (Phi) is 6.85. The second kappa shape index (κ2) is 9.97. The number of nitrogens with zero attached hydrogens (tertiary/aromatic N) is 2. The van der Waals surface area contributed by atoms with Crippen molar-refractivity contribution in [3.8, 4) is 0 Å². The van der Waals surface area contributed by atoms with Crippen molar-refractivity contribution in [2.75, 3.05) is 16.4 Å². The molecule has 10 heteroatoms. The third-order valence-corrected chi connectivity index (χ3v) is 6.51. The zero-order chi connectivity index (χ0) is 23.4. The van der Waals surface area contributed by atoms with Crippen molar-refractivity contribution in [3.05, 3.63) is 81.7 Å². The molecule has 0 aliphatic rings. The second-order valence-electron chi connectivity index (χ2n) is 7.11. The van der Waals surface area contributed by atoms with E-state index in [2.05, 4.69) is 15.6 Å². The summed E-state index contributed by atoms with van der Waals surface area (Å²) in [5.41, 5.74) is 1.84. The van der Waals surface area contributed by atoms with Crippen LogP contribution in [0.3, 0.4) is 0 Å². The summed E-state index contributed by atoms with van der Waals surface area (Å²) in [6.07, 6.45) is 0. The van der Waals surface area contributed by atoms with Crippen LogP contribution in [0.25, 0.3) is 10.2 Å². The second-order valence-corrected chi connectivity index (χ2v) is 8.97. The molecule has 2 heterocycles.